The van der Waals surface area contributed by atoms with Crippen molar-refractivity contribution >= 4 is 18.2 Å². The number of Topliss-reactive ketones (excluding diaryl/α,β-unsaturated/α-hetero) is 1. The molecule has 2 atom stereocenters. The molecule has 0 spiro atoms. The predicted molar refractivity (Wildman–Crippen MR) is 63.3 cm³/mol. The van der Waals surface area contributed by atoms with Gasteiger partial charge in [0.1, 0.15) is 11.8 Å². The molecule has 0 rings (SSSR count). The minimum Gasteiger partial charge on any atom is -0.467 e. The number of ketones is 1. The molecule has 0 fully saturated rings. The van der Waals surface area contributed by atoms with Crippen LogP contribution >= 0.6 is 0 Å². The number of rotatable bonds is 9. The zero-order valence-corrected chi connectivity index (χ0v) is 10.7. The first kappa shape index (κ1) is 15.6. The molecule has 0 aliphatic heterocycles. The number of esters is 1. The van der Waals surface area contributed by atoms with Crippen LogP contribution in [0.1, 0.15) is 39.5 Å². The Morgan fingerprint density at radius 1 is 1.35 bits per heavy atom. The molecule has 0 heterocycles. The van der Waals surface area contributed by atoms with Gasteiger partial charge in [0.2, 0.25) is 6.41 Å². The van der Waals surface area contributed by atoms with Crippen molar-refractivity contribution in [1.82, 2.24) is 5.32 Å². The highest BCUT2D eigenvalue weighted by molar-refractivity contribution is 5.79. The summed E-state index contributed by atoms with van der Waals surface area (Å²) < 4.78 is 4.60. The van der Waals surface area contributed by atoms with Crippen LogP contribution in [0.15, 0.2) is 0 Å². The predicted octanol–water partition coefficient (Wildman–Crippen LogP) is 1.06. The van der Waals surface area contributed by atoms with E-state index in [1.54, 1.807) is 0 Å². The Hall–Kier alpha value is -1.39. The molecule has 1 N–H and O–H groups in total. The lowest BCUT2D eigenvalue weighted by atomic mass is 9.94. The molecule has 0 bridgehead atoms. The lowest BCUT2D eigenvalue weighted by Crippen LogP contribution is -2.42. The first-order valence-corrected chi connectivity index (χ1v) is 5.86. The number of hydrogen-bond acceptors (Lipinski definition) is 4. The summed E-state index contributed by atoms with van der Waals surface area (Å²) in [6.07, 6.45) is 2.88. The van der Waals surface area contributed by atoms with E-state index in [4.69, 9.17) is 0 Å². The van der Waals surface area contributed by atoms with E-state index < -0.39 is 12.0 Å². The summed E-state index contributed by atoms with van der Waals surface area (Å²) in [5.41, 5.74) is 0. The molecule has 5 heteroatoms. The number of carbonyl (C=O) groups is 3. The van der Waals surface area contributed by atoms with E-state index in [1.807, 2.05) is 13.8 Å². The first-order chi connectivity index (χ1) is 8.06. The number of amides is 1. The standard InChI is InChI=1S/C12H21NO4/c1-4-5-10(15)7-6-9(2)11(13-8-14)12(16)17-3/h8-9,11H,4-7H2,1-3H3,(H,13,14). The summed E-state index contributed by atoms with van der Waals surface area (Å²) >= 11 is 0. The van der Waals surface area contributed by atoms with Crippen LogP contribution in [0.4, 0.5) is 0 Å². The lowest BCUT2D eigenvalue weighted by molar-refractivity contribution is -0.145. The molecule has 0 saturated carbocycles. The molecule has 5 nitrogen and oxygen atoms in total. The zero-order valence-electron chi connectivity index (χ0n) is 10.7. The molecule has 0 radical (unpaired) electrons. The van der Waals surface area contributed by atoms with Crippen molar-refractivity contribution in [3.63, 3.8) is 0 Å². The van der Waals surface area contributed by atoms with Gasteiger partial charge in [0.15, 0.2) is 0 Å². The van der Waals surface area contributed by atoms with Gasteiger partial charge in [-0.25, -0.2) is 4.79 Å². The molecule has 2 unspecified atom stereocenters. The minimum atomic E-state index is -0.674. The summed E-state index contributed by atoms with van der Waals surface area (Å²) in [4.78, 5) is 33.1. The van der Waals surface area contributed by atoms with Crippen molar-refractivity contribution < 1.29 is 19.1 Å². The Morgan fingerprint density at radius 3 is 2.47 bits per heavy atom. The molecule has 0 aromatic heterocycles. The maximum Gasteiger partial charge on any atom is 0.328 e. The second-order valence-corrected chi connectivity index (χ2v) is 4.09. The third-order valence-electron chi connectivity index (χ3n) is 2.68. The van der Waals surface area contributed by atoms with E-state index in [1.165, 1.54) is 7.11 Å². The molecule has 0 saturated heterocycles. The summed E-state index contributed by atoms with van der Waals surface area (Å²) in [7, 11) is 1.27. The highest BCUT2D eigenvalue weighted by atomic mass is 16.5. The number of carbonyl (C=O) groups excluding carboxylic acids is 3. The van der Waals surface area contributed by atoms with Gasteiger partial charge in [0.05, 0.1) is 7.11 Å². The van der Waals surface area contributed by atoms with Crippen LogP contribution in [-0.2, 0) is 19.1 Å². The fourth-order valence-corrected chi connectivity index (χ4v) is 1.62. The Balaban J connectivity index is 4.22. The number of hydrogen-bond donors (Lipinski definition) is 1. The van der Waals surface area contributed by atoms with Gasteiger partial charge in [0.25, 0.3) is 0 Å². The maximum atomic E-state index is 11.4. The van der Waals surface area contributed by atoms with Crippen molar-refractivity contribution in [3.05, 3.63) is 0 Å². The summed E-state index contributed by atoms with van der Waals surface area (Å²) in [5.74, 6) is -0.407. The molecule has 0 aliphatic carbocycles. The fourth-order valence-electron chi connectivity index (χ4n) is 1.62. The second-order valence-electron chi connectivity index (χ2n) is 4.09. The Labute approximate surface area is 102 Å². The highest BCUT2D eigenvalue weighted by Gasteiger charge is 2.25. The second kappa shape index (κ2) is 8.73. The maximum absolute atomic E-state index is 11.4. The molecule has 98 valence electrons. The van der Waals surface area contributed by atoms with Gasteiger partial charge < -0.3 is 10.1 Å². The number of methoxy groups -OCH3 is 1. The molecule has 17 heavy (non-hydrogen) atoms. The van der Waals surface area contributed by atoms with Gasteiger partial charge in [0, 0.05) is 12.8 Å². The van der Waals surface area contributed by atoms with E-state index >= 15 is 0 Å². The topological polar surface area (TPSA) is 72.5 Å². The van der Waals surface area contributed by atoms with Crippen molar-refractivity contribution in [3.8, 4) is 0 Å². The molecular weight excluding hydrogens is 222 g/mol. The van der Waals surface area contributed by atoms with Crippen LogP contribution in [0.25, 0.3) is 0 Å². The van der Waals surface area contributed by atoms with E-state index in [0.717, 1.165) is 6.42 Å². The Bertz CT molecular complexity index is 265. The monoisotopic (exact) mass is 243 g/mol. The van der Waals surface area contributed by atoms with Gasteiger partial charge in [-0.3, -0.25) is 9.59 Å². The molecule has 0 aliphatic rings. The van der Waals surface area contributed by atoms with E-state index in [9.17, 15) is 14.4 Å². The van der Waals surface area contributed by atoms with Crippen LogP contribution in [-0.4, -0.2) is 31.3 Å². The Morgan fingerprint density at radius 2 is 2.00 bits per heavy atom. The normalized spacial score (nSPS) is 13.6. The zero-order chi connectivity index (χ0) is 13.3. The fraction of sp³-hybridized carbons (Fsp3) is 0.750. The van der Waals surface area contributed by atoms with Crippen LogP contribution in [0.5, 0.6) is 0 Å². The Kier molecular flexibility index (Phi) is 8.01. The molecule has 0 aromatic rings. The third-order valence-corrected chi connectivity index (χ3v) is 2.68. The highest BCUT2D eigenvalue weighted by Crippen LogP contribution is 2.13. The third kappa shape index (κ3) is 6.04. The average Bonchev–Trinajstić information content (AvgIpc) is 2.32. The van der Waals surface area contributed by atoms with Crippen molar-refractivity contribution in [2.75, 3.05) is 7.11 Å². The quantitative estimate of drug-likeness (QED) is 0.485. The van der Waals surface area contributed by atoms with Crippen LogP contribution in [0.2, 0.25) is 0 Å². The summed E-state index contributed by atoms with van der Waals surface area (Å²) in [6, 6.07) is -0.674. The van der Waals surface area contributed by atoms with E-state index in [0.29, 0.717) is 25.7 Å². The van der Waals surface area contributed by atoms with Gasteiger partial charge in [-0.05, 0) is 18.8 Å². The first-order valence-electron chi connectivity index (χ1n) is 5.86. The largest absolute Gasteiger partial charge is 0.467 e. The average molecular weight is 243 g/mol. The summed E-state index contributed by atoms with van der Waals surface area (Å²) in [6.45, 7) is 3.77. The van der Waals surface area contributed by atoms with Crippen molar-refractivity contribution in [2.24, 2.45) is 5.92 Å². The smallest absolute Gasteiger partial charge is 0.328 e. The van der Waals surface area contributed by atoms with Crippen molar-refractivity contribution in [2.45, 2.75) is 45.6 Å². The van der Waals surface area contributed by atoms with E-state index in [2.05, 4.69) is 10.1 Å². The molecular formula is C12H21NO4. The molecule has 1 amide bonds. The van der Waals surface area contributed by atoms with Crippen molar-refractivity contribution in [1.29, 1.82) is 0 Å². The summed E-state index contributed by atoms with van der Waals surface area (Å²) in [5, 5.41) is 2.42. The van der Waals surface area contributed by atoms with E-state index in [-0.39, 0.29) is 11.7 Å². The van der Waals surface area contributed by atoms with Gasteiger partial charge in [-0.1, -0.05) is 13.8 Å². The number of nitrogens with one attached hydrogen (secondary N) is 1. The number of ether oxygens (including phenoxy) is 1. The minimum absolute atomic E-state index is 0.117. The van der Waals surface area contributed by atoms with Crippen LogP contribution in [0.3, 0.4) is 0 Å². The van der Waals surface area contributed by atoms with Crippen LogP contribution < -0.4 is 5.32 Å². The van der Waals surface area contributed by atoms with Gasteiger partial charge in [-0.15, -0.1) is 0 Å². The SMILES string of the molecule is CCCC(=O)CCC(C)C(NC=O)C(=O)OC. The van der Waals surface area contributed by atoms with Crippen LogP contribution in [0, 0.1) is 5.92 Å². The lowest BCUT2D eigenvalue weighted by Gasteiger charge is -2.20. The van der Waals surface area contributed by atoms with Gasteiger partial charge in [-0.2, -0.15) is 0 Å². The van der Waals surface area contributed by atoms with Gasteiger partial charge >= 0.3 is 5.97 Å². The molecule has 0 aromatic carbocycles.